The highest BCUT2D eigenvalue weighted by Crippen LogP contribution is 2.40. The van der Waals surface area contributed by atoms with E-state index in [4.69, 9.17) is 21.9 Å². The molecular weight excluding hydrogens is 287 g/mol. The fourth-order valence-electron chi connectivity index (χ4n) is 1.42. The number of aromatic nitrogens is 2. The van der Waals surface area contributed by atoms with Crippen molar-refractivity contribution in [2.75, 3.05) is 0 Å². The second kappa shape index (κ2) is 4.71. The van der Waals surface area contributed by atoms with E-state index in [9.17, 15) is 18.3 Å². The molecule has 0 saturated heterocycles. The molecule has 0 bridgehead atoms. The molecule has 102 valence electrons. The van der Waals surface area contributed by atoms with Crippen molar-refractivity contribution in [3.63, 3.8) is 0 Å². The van der Waals surface area contributed by atoms with Crippen LogP contribution in [0.15, 0.2) is 16.7 Å². The van der Waals surface area contributed by atoms with Gasteiger partial charge in [-0.15, -0.1) is 0 Å². The molecule has 0 amide bonds. The molecule has 1 aromatic heterocycles. The largest absolute Gasteiger partial charge is 0.507 e. The van der Waals surface area contributed by atoms with Crippen LogP contribution in [0.25, 0.3) is 11.4 Å². The van der Waals surface area contributed by atoms with Gasteiger partial charge in [-0.05, 0) is 12.1 Å². The molecule has 0 aliphatic rings. The van der Waals surface area contributed by atoms with E-state index in [1.54, 1.807) is 0 Å². The minimum absolute atomic E-state index is 0.0357. The second-order valence-electron chi connectivity index (χ2n) is 3.57. The number of nitrogens with zero attached hydrogens (tertiary/aromatic N) is 2. The Morgan fingerprint density at radius 1 is 1.37 bits per heavy atom. The molecule has 1 heterocycles. The van der Waals surface area contributed by atoms with Crippen LogP contribution in [0.1, 0.15) is 11.5 Å². The van der Waals surface area contributed by atoms with E-state index in [-0.39, 0.29) is 28.8 Å². The van der Waals surface area contributed by atoms with E-state index >= 15 is 0 Å². The zero-order valence-corrected chi connectivity index (χ0v) is 9.96. The predicted octanol–water partition coefficient (Wildman–Crippen LogP) is 2.57. The first-order chi connectivity index (χ1) is 8.82. The van der Waals surface area contributed by atoms with Gasteiger partial charge in [0.1, 0.15) is 5.75 Å². The Bertz CT molecular complexity index is 589. The van der Waals surface area contributed by atoms with Crippen molar-refractivity contribution in [3.8, 4) is 17.1 Å². The van der Waals surface area contributed by atoms with Gasteiger partial charge in [0.15, 0.2) is 0 Å². The fourth-order valence-corrected chi connectivity index (χ4v) is 1.72. The number of phenolic OH excluding ortho intramolecular Hbond substituents is 1. The molecular formula is C10H7ClF3N3O2. The Labute approximate surface area is 109 Å². The van der Waals surface area contributed by atoms with E-state index in [2.05, 4.69) is 10.1 Å². The van der Waals surface area contributed by atoms with E-state index in [0.29, 0.717) is 12.1 Å². The van der Waals surface area contributed by atoms with Gasteiger partial charge in [0.25, 0.3) is 0 Å². The van der Waals surface area contributed by atoms with Crippen LogP contribution in [0, 0.1) is 0 Å². The number of alkyl halides is 3. The average molecular weight is 294 g/mol. The van der Waals surface area contributed by atoms with Gasteiger partial charge in [-0.25, -0.2) is 0 Å². The minimum atomic E-state index is -4.61. The van der Waals surface area contributed by atoms with Crippen LogP contribution in [0.5, 0.6) is 5.75 Å². The molecule has 0 radical (unpaired) electrons. The third kappa shape index (κ3) is 2.64. The summed E-state index contributed by atoms with van der Waals surface area (Å²) in [6, 6.07) is 1.22. The first kappa shape index (κ1) is 13.6. The lowest BCUT2D eigenvalue weighted by molar-refractivity contribution is -0.137. The number of hydrogen-bond donors (Lipinski definition) is 2. The van der Waals surface area contributed by atoms with Gasteiger partial charge >= 0.3 is 6.18 Å². The first-order valence-corrected chi connectivity index (χ1v) is 5.33. The third-order valence-electron chi connectivity index (χ3n) is 2.26. The van der Waals surface area contributed by atoms with Gasteiger partial charge in [0.2, 0.25) is 11.7 Å². The zero-order chi connectivity index (χ0) is 14.2. The van der Waals surface area contributed by atoms with Crippen molar-refractivity contribution in [2.45, 2.75) is 12.7 Å². The van der Waals surface area contributed by atoms with Crippen molar-refractivity contribution in [1.29, 1.82) is 0 Å². The highest BCUT2D eigenvalue weighted by atomic mass is 35.5. The maximum atomic E-state index is 12.5. The summed E-state index contributed by atoms with van der Waals surface area (Å²) < 4.78 is 42.2. The molecule has 1 aromatic carbocycles. The molecule has 0 aliphatic carbocycles. The summed E-state index contributed by atoms with van der Waals surface area (Å²) >= 11 is 5.71. The van der Waals surface area contributed by atoms with Gasteiger partial charge in [-0.3, -0.25) is 0 Å². The predicted molar refractivity (Wildman–Crippen MR) is 59.3 cm³/mol. The number of nitrogens with two attached hydrogens (primary N) is 1. The molecule has 2 rings (SSSR count). The molecule has 0 aliphatic heterocycles. The summed E-state index contributed by atoms with van der Waals surface area (Å²) in [6.07, 6.45) is -4.61. The number of benzene rings is 1. The number of rotatable bonds is 2. The summed E-state index contributed by atoms with van der Waals surface area (Å²) in [7, 11) is 0. The molecule has 19 heavy (non-hydrogen) atoms. The molecule has 0 atom stereocenters. The van der Waals surface area contributed by atoms with Crippen molar-refractivity contribution >= 4 is 11.6 Å². The van der Waals surface area contributed by atoms with Crippen LogP contribution in [-0.4, -0.2) is 15.2 Å². The van der Waals surface area contributed by atoms with Crippen LogP contribution in [-0.2, 0) is 12.7 Å². The summed E-state index contributed by atoms with van der Waals surface area (Å²) in [5, 5.41) is 12.8. The van der Waals surface area contributed by atoms with Crippen molar-refractivity contribution in [1.82, 2.24) is 10.1 Å². The first-order valence-electron chi connectivity index (χ1n) is 4.95. The number of aromatic hydroxyl groups is 1. The summed E-state index contributed by atoms with van der Waals surface area (Å²) in [6.45, 7) is -0.0357. The Morgan fingerprint density at radius 3 is 2.53 bits per heavy atom. The van der Waals surface area contributed by atoms with Crippen molar-refractivity contribution < 1.29 is 22.8 Å². The maximum absolute atomic E-state index is 12.5. The molecule has 9 heteroatoms. The lowest BCUT2D eigenvalue weighted by Crippen LogP contribution is -2.05. The Kier molecular flexibility index (Phi) is 3.38. The zero-order valence-electron chi connectivity index (χ0n) is 9.20. The van der Waals surface area contributed by atoms with E-state index in [0.717, 1.165) is 0 Å². The number of hydrogen-bond acceptors (Lipinski definition) is 5. The third-order valence-corrected chi connectivity index (χ3v) is 2.56. The second-order valence-corrected chi connectivity index (χ2v) is 3.97. The quantitative estimate of drug-likeness (QED) is 0.889. The van der Waals surface area contributed by atoms with Crippen molar-refractivity contribution in [2.24, 2.45) is 5.73 Å². The SMILES string of the molecule is NCc1nc(-c2c(O)cc(C(F)(F)F)cc2Cl)no1. The minimum Gasteiger partial charge on any atom is -0.507 e. The fraction of sp³-hybridized carbons (Fsp3) is 0.200. The summed E-state index contributed by atoms with van der Waals surface area (Å²) in [5.41, 5.74) is 4.05. The van der Waals surface area contributed by atoms with Gasteiger partial charge in [0, 0.05) is 0 Å². The summed E-state index contributed by atoms with van der Waals surface area (Å²) in [4.78, 5) is 3.78. The molecule has 2 aromatic rings. The topological polar surface area (TPSA) is 85.2 Å². The van der Waals surface area contributed by atoms with E-state index < -0.39 is 17.5 Å². The standard InChI is InChI=1S/C10H7ClF3N3O2/c11-5-1-4(10(12,13)14)2-6(18)8(5)9-16-7(3-15)19-17-9/h1-2,18H,3,15H2. The average Bonchev–Trinajstić information content (AvgIpc) is 2.75. The Morgan fingerprint density at radius 2 is 2.05 bits per heavy atom. The van der Waals surface area contributed by atoms with Crippen molar-refractivity contribution in [3.05, 3.63) is 28.6 Å². The smallest absolute Gasteiger partial charge is 0.416 e. The monoisotopic (exact) mass is 293 g/mol. The highest BCUT2D eigenvalue weighted by Gasteiger charge is 2.32. The molecule has 5 nitrogen and oxygen atoms in total. The molecule has 0 spiro atoms. The number of halogens is 4. The van der Waals surface area contributed by atoms with E-state index in [1.165, 1.54) is 0 Å². The molecule has 0 unspecified atom stereocenters. The maximum Gasteiger partial charge on any atom is 0.416 e. The van der Waals surface area contributed by atoms with E-state index in [1.807, 2.05) is 0 Å². The van der Waals surface area contributed by atoms with Gasteiger partial charge in [0.05, 0.1) is 22.7 Å². The van der Waals surface area contributed by atoms with Crippen LogP contribution < -0.4 is 5.73 Å². The Hall–Kier alpha value is -1.80. The highest BCUT2D eigenvalue weighted by molar-refractivity contribution is 6.33. The lowest BCUT2D eigenvalue weighted by atomic mass is 10.1. The summed E-state index contributed by atoms with van der Waals surface area (Å²) in [5.74, 6) is -0.744. The van der Waals surface area contributed by atoms with Crippen LogP contribution in [0.2, 0.25) is 5.02 Å². The van der Waals surface area contributed by atoms with Gasteiger partial charge < -0.3 is 15.4 Å². The van der Waals surface area contributed by atoms with Gasteiger partial charge in [-0.1, -0.05) is 16.8 Å². The van der Waals surface area contributed by atoms with Crippen LogP contribution in [0.3, 0.4) is 0 Å². The van der Waals surface area contributed by atoms with Crippen LogP contribution in [0.4, 0.5) is 13.2 Å². The normalized spacial score (nSPS) is 11.8. The lowest BCUT2D eigenvalue weighted by Gasteiger charge is -2.10. The van der Waals surface area contributed by atoms with Gasteiger partial charge in [-0.2, -0.15) is 18.2 Å². The molecule has 3 N–H and O–H groups in total. The van der Waals surface area contributed by atoms with Crippen LogP contribution >= 0.6 is 11.6 Å². The molecule has 0 fully saturated rings. The molecule has 0 saturated carbocycles. The Balaban J connectivity index is 2.53. The number of phenols is 1.